The van der Waals surface area contributed by atoms with Crippen molar-refractivity contribution in [3.63, 3.8) is 0 Å². The number of amides is 4. The maximum Gasteiger partial charge on any atom is 0.325 e. The molecule has 2 aromatic carbocycles. The van der Waals surface area contributed by atoms with Gasteiger partial charge in [0.1, 0.15) is 5.82 Å². The van der Waals surface area contributed by atoms with Gasteiger partial charge in [0.2, 0.25) is 11.8 Å². The first-order valence-electron chi connectivity index (χ1n) is 11.7. The Morgan fingerprint density at radius 3 is 2.47 bits per heavy atom. The van der Waals surface area contributed by atoms with Crippen LogP contribution in [0.2, 0.25) is 0 Å². The number of imide groups is 1. The molecule has 0 bridgehead atoms. The SMILES string of the molecule is Cc1ccc(NC(=O)NC(=O)C(C)N2CCC(C(=O)NCCc3ccccc3F)CC2)c(C)c1. The average molecular weight is 469 g/mol. The van der Waals surface area contributed by atoms with E-state index in [9.17, 15) is 18.8 Å². The molecule has 1 atom stereocenters. The van der Waals surface area contributed by atoms with Gasteiger partial charge in [-0.25, -0.2) is 9.18 Å². The van der Waals surface area contributed by atoms with Crippen molar-refractivity contribution in [2.24, 2.45) is 5.92 Å². The quantitative estimate of drug-likeness (QED) is 0.580. The first kappa shape index (κ1) is 25.4. The standard InChI is InChI=1S/C26H33FN4O3/c1-17-8-9-23(18(2)16-17)29-26(34)30-24(32)19(3)31-14-11-21(12-15-31)25(33)28-13-10-20-6-4-5-7-22(20)27/h4-9,16,19,21H,10-15H2,1-3H3,(H,28,33)(H2,29,30,32,34). The summed E-state index contributed by atoms with van der Waals surface area (Å²) in [6.45, 7) is 7.17. The molecule has 8 heteroatoms. The molecule has 182 valence electrons. The number of piperidine rings is 1. The summed E-state index contributed by atoms with van der Waals surface area (Å²) >= 11 is 0. The largest absolute Gasteiger partial charge is 0.356 e. The number of nitrogens with one attached hydrogen (secondary N) is 3. The number of benzene rings is 2. The molecule has 0 aliphatic carbocycles. The van der Waals surface area contributed by atoms with Crippen LogP contribution in [0.15, 0.2) is 42.5 Å². The molecule has 0 saturated carbocycles. The molecule has 1 saturated heterocycles. The van der Waals surface area contributed by atoms with Crippen molar-refractivity contribution < 1.29 is 18.8 Å². The molecule has 1 heterocycles. The zero-order valence-electron chi connectivity index (χ0n) is 20.0. The van der Waals surface area contributed by atoms with Crippen molar-refractivity contribution in [1.82, 2.24) is 15.5 Å². The number of aryl methyl sites for hydroxylation is 2. The van der Waals surface area contributed by atoms with Crippen LogP contribution >= 0.6 is 0 Å². The van der Waals surface area contributed by atoms with Crippen LogP contribution in [-0.2, 0) is 16.0 Å². The molecular weight excluding hydrogens is 435 g/mol. The number of nitrogens with zero attached hydrogens (tertiary/aromatic N) is 1. The van der Waals surface area contributed by atoms with Gasteiger partial charge in [-0.15, -0.1) is 0 Å². The van der Waals surface area contributed by atoms with E-state index in [0.29, 0.717) is 50.1 Å². The number of anilines is 1. The maximum atomic E-state index is 13.7. The monoisotopic (exact) mass is 468 g/mol. The van der Waals surface area contributed by atoms with Gasteiger partial charge in [0, 0.05) is 18.2 Å². The van der Waals surface area contributed by atoms with Crippen LogP contribution in [0.5, 0.6) is 0 Å². The minimum absolute atomic E-state index is 0.0408. The predicted molar refractivity (Wildman–Crippen MR) is 130 cm³/mol. The van der Waals surface area contributed by atoms with E-state index >= 15 is 0 Å². The van der Waals surface area contributed by atoms with Crippen molar-refractivity contribution >= 4 is 23.5 Å². The highest BCUT2D eigenvalue weighted by Gasteiger charge is 2.30. The minimum Gasteiger partial charge on any atom is -0.356 e. The Morgan fingerprint density at radius 1 is 1.09 bits per heavy atom. The normalized spacial score (nSPS) is 15.4. The van der Waals surface area contributed by atoms with Crippen molar-refractivity contribution in [1.29, 1.82) is 0 Å². The molecule has 1 unspecified atom stereocenters. The van der Waals surface area contributed by atoms with Gasteiger partial charge in [0.15, 0.2) is 0 Å². The molecule has 1 aliphatic rings. The van der Waals surface area contributed by atoms with E-state index in [-0.39, 0.29) is 23.5 Å². The summed E-state index contributed by atoms with van der Waals surface area (Å²) in [6, 6.07) is 11.2. The highest BCUT2D eigenvalue weighted by molar-refractivity contribution is 6.03. The van der Waals surface area contributed by atoms with Crippen LogP contribution in [0, 0.1) is 25.6 Å². The van der Waals surface area contributed by atoms with E-state index in [1.54, 1.807) is 25.1 Å². The zero-order chi connectivity index (χ0) is 24.7. The molecule has 1 fully saturated rings. The molecule has 7 nitrogen and oxygen atoms in total. The second kappa shape index (κ2) is 11.7. The van der Waals surface area contributed by atoms with Gasteiger partial charge in [-0.3, -0.25) is 19.8 Å². The van der Waals surface area contributed by atoms with E-state index in [4.69, 9.17) is 0 Å². The molecule has 34 heavy (non-hydrogen) atoms. The smallest absolute Gasteiger partial charge is 0.325 e. The predicted octanol–water partition coefficient (Wildman–Crippen LogP) is 3.55. The topological polar surface area (TPSA) is 90.5 Å². The van der Waals surface area contributed by atoms with E-state index in [1.165, 1.54) is 6.07 Å². The molecule has 4 amide bonds. The molecule has 3 rings (SSSR count). The fourth-order valence-corrected chi connectivity index (χ4v) is 4.20. The van der Waals surface area contributed by atoms with E-state index in [1.807, 2.05) is 36.9 Å². The lowest BCUT2D eigenvalue weighted by Crippen LogP contribution is -2.51. The summed E-state index contributed by atoms with van der Waals surface area (Å²) in [6.07, 6.45) is 1.69. The van der Waals surface area contributed by atoms with Crippen LogP contribution in [0.25, 0.3) is 0 Å². The van der Waals surface area contributed by atoms with Crippen molar-refractivity contribution in [2.75, 3.05) is 25.0 Å². The first-order valence-corrected chi connectivity index (χ1v) is 11.7. The summed E-state index contributed by atoms with van der Waals surface area (Å²) in [7, 11) is 0. The highest BCUT2D eigenvalue weighted by atomic mass is 19.1. The number of carbonyl (C=O) groups excluding carboxylic acids is 3. The van der Waals surface area contributed by atoms with Gasteiger partial charge in [0.25, 0.3) is 0 Å². The van der Waals surface area contributed by atoms with Gasteiger partial charge in [-0.1, -0.05) is 35.9 Å². The van der Waals surface area contributed by atoms with Gasteiger partial charge in [-0.05, 0) is 76.4 Å². The van der Waals surface area contributed by atoms with Crippen LogP contribution in [0.4, 0.5) is 14.9 Å². The zero-order valence-corrected chi connectivity index (χ0v) is 20.0. The van der Waals surface area contributed by atoms with Crippen LogP contribution < -0.4 is 16.0 Å². The summed E-state index contributed by atoms with van der Waals surface area (Å²) in [5.74, 6) is -0.823. The Kier molecular flexibility index (Phi) is 8.76. The third-order valence-corrected chi connectivity index (χ3v) is 6.35. The Morgan fingerprint density at radius 2 is 1.79 bits per heavy atom. The number of halogens is 1. The summed E-state index contributed by atoms with van der Waals surface area (Å²) < 4.78 is 13.7. The molecule has 0 aromatic heterocycles. The third-order valence-electron chi connectivity index (χ3n) is 6.35. The number of hydrogen-bond acceptors (Lipinski definition) is 4. The highest BCUT2D eigenvalue weighted by Crippen LogP contribution is 2.20. The summed E-state index contributed by atoms with van der Waals surface area (Å²) in [5.41, 5.74) is 3.25. The number of rotatable bonds is 7. The Hall–Kier alpha value is -3.26. The lowest BCUT2D eigenvalue weighted by molar-refractivity contribution is -0.128. The summed E-state index contributed by atoms with van der Waals surface area (Å²) in [5, 5.41) is 8.02. The fourth-order valence-electron chi connectivity index (χ4n) is 4.20. The van der Waals surface area contributed by atoms with Crippen LogP contribution in [-0.4, -0.2) is 48.4 Å². The first-order chi connectivity index (χ1) is 16.2. The summed E-state index contributed by atoms with van der Waals surface area (Å²) in [4.78, 5) is 39.3. The Labute approximate surface area is 200 Å². The third kappa shape index (κ3) is 6.87. The molecule has 0 spiro atoms. The number of hydrogen-bond donors (Lipinski definition) is 3. The number of urea groups is 1. The van der Waals surface area contributed by atoms with Crippen molar-refractivity contribution in [3.8, 4) is 0 Å². The van der Waals surface area contributed by atoms with Gasteiger partial charge in [0.05, 0.1) is 6.04 Å². The van der Waals surface area contributed by atoms with Crippen LogP contribution in [0.1, 0.15) is 36.5 Å². The van der Waals surface area contributed by atoms with Gasteiger partial charge >= 0.3 is 6.03 Å². The minimum atomic E-state index is -0.562. The van der Waals surface area contributed by atoms with Crippen LogP contribution in [0.3, 0.4) is 0 Å². The van der Waals surface area contributed by atoms with E-state index in [2.05, 4.69) is 16.0 Å². The lowest BCUT2D eigenvalue weighted by atomic mass is 9.95. The molecule has 2 aromatic rings. The Bertz CT molecular complexity index is 1030. The Balaban J connectivity index is 1.40. The lowest BCUT2D eigenvalue weighted by Gasteiger charge is -2.34. The molecule has 0 radical (unpaired) electrons. The van der Waals surface area contributed by atoms with Crippen molar-refractivity contribution in [3.05, 3.63) is 65.0 Å². The fraction of sp³-hybridized carbons (Fsp3) is 0.423. The molecular formula is C26H33FN4O3. The molecule has 3 N–H and O–H groups in total. The second-order valence-electron chi connectivity index (χ2n) is 8.88. The van der Waals surface area contributed by atoms with Gasteiger partial charge in [-0.2, -0.15) is 0 Å². The van der Waals surface area contributed by atoms with E-state index < -0.39 is 12.1 Å². The van der Waals surface area contributed by atoms with E-state index in [0.717, 1.165) is 11.1 Å². The van der Waals surface area contributed by atoms with Crippen molar-refractivity contribution in [2.45, 2.75) is 46.1 Å². The maximum absolute atomic E-state index is 13.7. The van der Waals surface area contributed by atoms with Gasteiger partial charge < -0.3 is 10.6 Å². The molecule has 1 aliphatic heterocycles. The number of carbonyl (C=O) groups is 3. The number of likely N-dealkylation sites (tertiary alicyclic amines) is 1. The second-order valence-corrected chi connectivity index (χ2v) is 8.88. The average Bonchev–Trinajstić information content (AvgIpc) is 2.81.